The van der Waals surface area contributed by atoms with Crippen molar-refractivity contribution in [2.24, 2.45) is 0 Å². The van der Waals surface area contributed by atoms with E-state index in [9.17, 15) is 0 Å². The first kappa shape index (κ1) is 12.7. The highest BCUT2D eigenvalue weighted by Crippen LogP contribution is 2.36. The minimum atomic E-state index is 0.707. The molecule has 1 N–H and O–H groups in total. The molecule has 1 aromatic heterocycles. The van der Waals surface area contributed by atoms with Gasteiger partial charge in [0.15, 0.2) is 0 Å². The third-order valence-electron chi connectivity index (χ3n) is 3.25. The second-order valence-corrected chi connectivity index (χ2v) is 4.38. The van der Waals surface area contributed by atoms with Gasteiger partial charge in [-0.25, -0.2) is 0 Å². The first-order chi connectivity index (χ1) is 8.69. The van der Waals surface area contributed by atoms with Crippen molar-refractivity contribution >= 4 is 0 Å². The Labute approximate surface area is 108 Å². The Kier molecular flexibility index (Phi) is 3.72. The molecule has 1 aromatic carbocycles. The van der Waals surface area contributed by atoms with E-state index in [1.165, 1.54) is 11.1 Å². The molecule has 0 spiro atoms. The van der Waals surface area contributed by atoms with Gasteiger partial charge in [0.1, 0.15) is 11.5 Å². The Morgan fingerprint density at radius 3 is 2.61 bits per heavy atom. The summed E-state index contributed by atoms with van der Waals surface area (Å²) < 4.78 is 11.1. The van der Waals surface area contributed by atoms with Crippen LogP contribution in [0.1, 0.15) is 16.9 Å². The number of hydrogen-bond acceptors (Lipinski definition) is 3. The Balaban J connectivity index is 2.56. The van der Waals surface area contributed by atoms with Crippen LogP contribution in [0.4, 0.5) is 0 Å². The third kappa shape index (κ3) is 2.14. The zero-order valence-corrected chi connectivity index (χ0v) is 11.3. The van der Waals surface area contributed by atoms with E-state index in [4.69, 9.17) is 9.15 Å². The topological polar surface area (TPSA) is 34.4 Å². The zero-order chi connectivity index (χ0) is 13.1. The van der Waals surface area contributed by atoms with E-state index in [-0.39, 0.29) is 0 Å². The number of methoxy groups -OCH3 is 1. The molecule has 1 heterocycles. The molecule has 2 aromatic rings. The van der Waals surface area contributed by atoms with Gasteiger partial charge in [-0.15, -0.1) is 0 Å². The predicted octanol–water partition coefficient (Wildman–Crippen LogP) is 3.29. The number of rotatable bonds is 4. The normalized spacial score (nSPS) is 10.7. The Hall–Kier alpha value is -1.74. The molecule has 0 aliphatic rings. The molecule has 0 radical (unpaired) electrons. The number of benzene rings is 1. The fraction of sp³-hybridized carbons (Fsp3) is 0.333. The van der Waals surface area contributed by atoms with Crippen LogP contribution in [0, 0.1) is 13.8 Å². The number of hydrogen-bond donors (Lipinski definition) is 1. The van der Waals surface area contributed by atoms with Gasteiger partial charge in [-0.2, -0.15) is 0 Å². The molecule has 18 heavy (non-hydrogen) atoms. The maximum atomic E-state index is 5.55. The first-order valence-electron chi connectivity index (χ1n) is 6.04. The van der Waals surface area contributed by atoms with Gasteiger partial charge in [0.05, 0.1) is 19.9 Å². The lowest BCUT2D eigenvalue weighted by molar-refractivity contribution is 0.412. The van der Waals surface area contributed by atoms with Gasteiger partial charge < -0.3 is 14.5 Å². The average molecular weight is 245 g/mol. The van der Waals surface area contributed by atoms with Gasteiger partial charge in [-0.05, 0) is 38.1 Å². The second-order valence-electron chi connectivity index (χ2n) is 4.38. The summed E-state index contributed by atoms with van der Waals surface area (Å²) in [7, 11) is 3.62. The summed E-state index contributed by atoms with van der Waals surface area (Å²) in [4.78, 5) is 0. The van der Waals surface area contributed by atoms with Crippen molar-refractivity contribution < 1.29 is 9.15 Å². The highest BCUT2D eigenvalue weighted by Gasteiger charge is 2.15. The van der Waals surface area contributed by atoms with E-state index >= 15 is 0 Å². The van der Waals surface area contributed by atoms with Crippen molar-refractivity contribution in [2.75, 3.05) is 14.2 Å². The fourth-order valence-corrected chi connectivity index (χ4v) is 2.14. The van der Waals surface area contributed by atoms with Crippen LogP contribution in [0.15, 0.2) is 28.9 Å². The molecule has 0 aliphatic heterocycles. The van der Waals surface area contributed by atoms with E-state index in [0.29, 0.717) is 6.54 Å². The predicted molar refractivity (Wildman–Crippen MR) is 72.9 cm³/mol. The zero-order valence-electron chi connectivity index (χ0n) is 11.3. The van der Waals surface area contributed by atoms with Crippen LogP contribution in [-0.2, 0) is 6.54 Å². The van der Waals surface area contributed by atoms with E-state index in [1.54, 1.807) is 13.4 Å². The summed E-state index contributed by atoms with van der Waals surface area (Å²) in [6.07, 6.45) is 1.72. The van der Waals surface area contributed by atoms with Crippen LogP contribution in [0.3, 0.4) is 0 Å². The standard InChI is InChI=1S/C15H19NO2/c1-10-5-6-13(15(17-4)11(10)2)12-7-8-18-14(12)9-16-3/h5-8,16H,9H2,1-4H3. The van der Waals surface area contributed by atoms with Crippen molar-refractivity contribution in [3.63, 3.8) is 0 Å². The monoisotopic (exact) mass is 245 g/mol. The minimum Gasteiger partial charge on any atom is -0.496 e. The summed E-state index contributed by atoms with van der Waals surface area (Å²) in [5.41, 5.74) is 4.57. The van der Waals surface area contributed by atoms with Crippen LogP contribution in [0.2, 0.25) is 0 Å². The summed E-state index contributed by atoms with van der Waals surface area (Å²) in [6, 6.07) is 6.19. The van der Waals surface area contributed by atoms with Crippen LogP contribution < -0.4 is 10.1 Å². The largest absolute Gasteiger partial charge is 0.496 e. The minimum absolute atomic E-state index is 0.707. The van der Waals surface area contributed by atoms with Crippen LogP contribution in [0.5, 0.6) is 5.75 Å². The maximum Gasteiger partial charge on any atom is 0.129 e. The molecular weight excluding hydrogens is 226 g/mol. The summed E-state index contributed by atoms with van der Waals surface area (Å²) >= 11 is 0. The SMILES string of the molecule is CNCc1occc1-c1ccc(C)c(C)c1OC. The molecule has 0 saturated heterocycles. The molecule has 0 bridgehead atoms. The quantitative estimate of drug-likeness (QED) is 0.897. The Morgan fingerprint density at radius 2 is 1.94 bits per heavy atom. The number of furan rings is 1. The van der Waals surface area contributed by atoms with Crippen molar-refractivity contribution in [3.05, 3.63) is 41.3 Å². The van der Waals surface area contributed by atoms with Gasteiger partial charge in [-0.3, -0.25) is 0 Å². The molecule has 0 aliphatic carbocycles. The molecule has 3 heteroatoms. The maximum absolute atomic E-state index is 5.55. The van der Waals surface area contributed by atoms with Crippen molar-refractivity contribution in [1.82, 2.24) is 5.32 Å². The molecule has 96 valence electrons. The van der Waals surface area contributed by atoms with Crippen molar-refractivity contribution in [2.45, 2.75) is 20.4 Å². The highest BCUT2D eigenvalue weighted by atomic mass is 16.5. The first-order valence-corrected chi connectivity index (χ1v) is 6.04. The summed E-state index contributed by atoms with van der Waals surface area (Å²) in [5, 5.41) is 3.11. The van der Waals surface area contributed by atoms with Crippen LogP contribution in [-0.4, -0.2) is 14.2 Å². The van der Waals surface area contributed by atoms with E-state index in [2.05, 4.69) is 31.3 Å². The van der Waals surface area contributed by atoms with Gasteiger partial charge >= 0.3 is 0 Å². The molecule has 3 nitrogen and oxygen atoms in total. The molecule has 2 rings (SSSR count). The van der Waals surface area contributed by atoms with Crippen molar-refractivity contribution in [3.8, 4) is 16.9 Å². The molecule has 0 fully saturated rings. The second kappa shape index (κ2) is 5.27. The van der Waals surface area contributed by atoms with E-state index in [0.717, 1.165) is 22.6 Å². The molecule has 0 amide bonds. The molecular formula is C15H19NO2. The lowest BCUT2D eigenvalue weighted by Crippen LogP contribution is -2.05. The van der Waals surface area contributed by atoms with E-state index < -0.39 is 0 Å². The lowest BCUT2D eigenvalue weighted by atomic mass is 9.99. The molecule has 0 saturated carbocycles. The van der Waals surface area contributed by atoms with Gasteiger partial charge in [-0.1, -0.05) is 12.1 Å². The van der Waals surface area contributed by atoms with Gasteiger partial charge in [0.25, 0.3) is 0 Å². The van der Waals surface area contributed by atoms with Crippen molar-refractivity contribution in [1.29, 1.82) is 0 Å². The Morgan fingerprint density at radius 1 is 1.17 bits per heavy atom. The highest BCUT2D eigenvalue weighted by molar-refractivity contribution is 5.74. The molecule has 0 atom stereocenters. The fourth-order valence-electron chi connectivity index (χ4n) is 2.14. The number of nitrogens with one attached hydrogen (secondary N) is 1. The van der Waals surface area contributed by atoms with Gasteiger partial charge in [0, 0.05) is 11.1 Å². The lowest BCUT2D eigenvalue weighted by Gasteiger charge is -2.13. The summed E-state index contributed by atoms with van der Waals surface area (Å²) in [6.45, 7) is 4.87. The average Bonchev–Trinajstić information content (AvgIpc) is 2.81. The summed E-state index contributed by atoms with van der Waals surface area (Å²) in [5.74, 6) is 1.85. The van der Waals surface area contributed by atoms with Gasteiger partial charge in [0.2, 0.25) is 0 Å². The Bertz CT molecular complexity index is 543. The van der Waals surface area contributed by atoms with E-state index in [1.807, 2.05) is 13.1 Å². The number of aryl methyl sites for hydroxylation is 1. The number of ether oxygens (including phenoxy) is 1. The van der Waals surface area contributed by atoms with Crippen LogP contribution in [0.25, 0.3) is 11.1 Å². The smallest absolute Gasteiger partial charge is 0.129 e. The third-order valence-corrected chi connectivity index (χ3v) is 3.25. The van der Waals surface area contributed by atoms with Crippen LogP contribution >= 0.6 is 0 Å². The molecule has 0 unspecified atom stereocenters.